The van der Waals surface area contributed by atoms with Gasteiger partial charge in [-0.3, -0.25) is 4.99 Å². The van der Waals surface area contributed by atoms with Crippen LogP contribution in [0, 0.1) is 0 Å². The summed E-state index contributed by atoms with van der Waals surface area (Å²) in [5.41, 5.74) is 0. The fraction of sp³-hybridized carbons (Fsp3) is 0.706. The molecule has 2 rings (SSSR count). The zero-order chi connectivity index (χ0) is 15.5. The Morgan fingerprint density at radius 3 is 2.65 bits per heavy atom. The van der Waals surface area contributed by atoms with Gasteiger partial charge in [0, 0.05) is 24.5 Å². The normalized spacial score (nSPS) is 16.5. The number of nitrogens with one attached hydrogen (secondary N) is 2. The Morgan fingerprint density at radius 2 is 2.00 bits per heavy atom. The van der Waals surface area contributed by atoms with Crippen LogP contribution < -0.4 is 10.6 Å². The molecule has 1 saturated heterocycles. The van der Waals surface area contributed by atoms with Crippen molar-refractivity contribution in [3.63, 3.8) is 0 Å². The third-order valence-corrected chi connectivity index (χ3v) is 4.91. The second-order valence-corrected chi connectivity index (χ2v) is 6.80. The molecule has 23 heavy (non-hydrogen) atoms. The smallest absolute Gasteiger partial charge is 0.191 e. The molecule has 0 aromatic carbocycles. The summed E-state index contributed by atoms with van der Waals surface area (Å²) in [5, 5.41) is 8.91. The van der Waals surface area contributed by atoms with Gasteiger partial charge in [-0.25, -0.2) is 0 Å². The summed E-state index contributed by atoms with van der Waals surface area (Å²) >= 11 is 1.82. The maximum absolute atomic E-state index is 4.71. The standard InChI is InChI=1S/C17H30N4S.HI/c1-2-18-17(19-10-9-16-8-7-15-22-16)20-11-14-21-12-5-3-4-6-13-21;/h7-8,15H,2-6,9-14H2,1H3,(H2,18,19,20);1H. The minimum atomic E-state index is 0. The van der Waals surface area contributed by atoms with Gasteiger partial charge in [-0.1, -0.05) is 18.9 Å². The Labute approximate surface area is 162 Å². The monoisotopic (exact) mass is 450 g/mol. The summed E-state index contributed by atoms with van der Waals surface area (Å²) in [4.78, 5) is 8.70. The van der Waals surface area contributed by atoms with Crippen molar-refractivity contribution in [1.29, 1.82) is 0 Å². The van der Waals surface area contributed by atoms with E-state index in [2.05, 4.69) is 40.0 Å². The van der Waals surface area contributed by atoms with Gasteiger partial charge >= 0.3 is 0 Å². The molecule has 4 nitrogen and oxygen atoms in total. The number of halogens is 1. The van der Waals surface area contributed by atoms with Crippen LogP contribution in [0.5, 0.6) is 0 Å². The molecule has 132 valence electrons. The number of aliphatic imine (C=N–C) groups is 1. The third kappa shape index (κ3) is 8.91. The molecule has 0 saturated carbocycles. The van der Waals surface area contributed by atoms with Crippen LogP contribution in [-0.2, 0) is 6.42 Å². The second kappa shape index (κ2) is 13.0. The Balaban J connectivity index is 0.00000264. The highest BCUT2D eigenvalue weighted by atomic mass is 127. The van der Waals surface area contributed by atoms with Gasteiger partial charge < -0.3 is 15.5 Å². The predicted molar refractivity (Wildman–Crippen MR) is 112 cm³/mol. The lowest BCUT2D eigenvalue weighted by Gasteiger charge is -2.18. The Morgan fingerprint density at radius 1 is 1.22 bits per heavy atom. The van der Waals surface area contributed by atoms with Crippen molar-refractivity contribution < 1.29 is 0 Å². The van der Waals surface area contributed by atoms with Crippen molar-refractivity contribution in [1.82, 2.24) is 15.5 Å². The Kier molecular flexibility index (Phi) is 11.7. The van der Waals surface area contributed by atoms with Crippen LogP contribution >= 0.6 is 35.3 Å². The number of thiophene rings is 1. The lowest BCUT2D eigenvalue weighted by atomic mass is 10.2. The van der Waals surface area contributed by atoms with E-state index in [-0.39, 0.29) is 24.0 Å². The first-order chi connectivity index (χ1) is 10.9. The molecule has 1 aromatic heterocycles. The topological polar surface area (TPSA) is 39.7 Å². The third-order valence-electron chi connectivity index (χ3n) is 3.97. The number of hydrogen-bond donors (Lipinski definition) is 2. The predicted octanol–water partition coefficient (Wildman–Crippen LogP) is 3.34. The van der Waals surface area contributed by atoms with E-state index in [0.717, 1.165) is 38.6 Å². The minimum Gasteiger partial charge on any atom is -0.357 e. The second-order valence-electron chi connectivity index (χ2n) is 5.77. The van der Waals surface area contributed by atoms with Crippen LogP contribution in [0.25, 0.3) is 0 Å². The lowest BCUT2D eigenvalue weighted by molar-refractivity contribution is 0.293. The van der Waals surface area contributed by atoms with Crippen LogP contribution in [0.4, 0.5) is 0 Å². The van der Waals surface area contributed by atoms with Gasteiger partial charge in [0.15, 0.2) is 5.96 Å². The minimum absolute atomic E-state index is 0. The number of nitrogens with zero attached hydrogens (tertiary/aromatic N) is 2. The summed E-state index contributed by atoms with van der Waals surface area (Å²) in [5.74, 6) is 0.953. The van der Waals surface area contributed by atoms with E-state index in [9.17, 15) is 0 Å². The first-order valence-corrected chi connectivity index (χ1v) is 9.53. The SMILES string of the molecule is CCNC(=NCCN1CCCCCC1)NCCc1cccs1.I. The van der Waals surface area contributed by atoms with Gasteiger partial charge in [-0.2, -0.15) is 0 Å². The van der Waals surface area contributed by atoms with Gasteiger partial charge in [0.1, 0.15) is 0 Å². The van der Waals surface area contributed by atoms with E-state index < -0.39 is 0 Å². The van der Waals surface area contributed by atoms with Crippen molar-refractivity contribution in [2.75, 3.05) is 39.3 Å². The van der Waals surface area contributed by atoms with E-state index in [1.54, 1.807) is 0 Å². The first kappa shape index (κ1) is 20.7. The van der Waals surface area contributed by atoms with E-state index in [1.165, 1.54) is 43.6 Å². The van der Waals surface area contributed by atoms with Crippen molar-refractivity contribution in [2.45, 2.75) is 39.0 Å². The van der Waals surface area contributed by atoms with Crippen LogP contribution in [0.1, 0.15) is 37.5 Å². The summed E-state index contributed by atoms with van der Waals surface area (Å²) < 4.78 is 0. The van der Waals surface area contributed by atoms with Crippen LogP contribution in [0.2, 0.25) is 0 Å². The maximum atomic E-state index is 4.71. The molecule has 0 spiro atoms. The van der Waals surface area contributed by atoms with E-state index in [4.69, 9.17) is 4.99 Å². The zero-order valence-electron chi connectivity index (χ0n) is 14.2. The molecule has 1 aliphatic heterocycles. The van der Waals surface area contributed by atoms with E-state index >= 15 is 0 Å². The van der Waals surface area contributed by atoms with E-state index in [1.807, 2.05) is 11.3 Å². The van der Waals surface area contributed by atoms with Crippen molar-refractivity contribution in [3.05, 3.63) is 22.4 Å². The molecule has 0 amide bonds. The molecule has 0 bridgehead atoms. The molecule has 1 aromatic rings. The maximum Gasteiger partial charge on any atom is 0.191 e. The van der Waals surface area contributed by atoms with E-state index in [0.29, 0.717) is 0 Å². The van der Waals surface area contributed by atoms with Crippen molar-refractivity contribution >= 4 is 41.3 Å². The highest BCUT2D eigenvalue weighted by Crippen LogP contribution is 2.09. The van der Waals surface area contributed by atoms with Gasteiger partial charge in [0.25, 0.3) is 0 Å². The highest BCUT2D eigenvalue weighted by Gasteiger charge is 2.08. The fourth-order valence-electron chi connectivity index (χ4n) is 2.76. The molecular formula is C17H31IN4S. The molecule has 2 heterocycles. The van der Waals surface area contributed by atoms with Crippen LogP contribution in [0.3, 0.4) is 0 Å². The largest absolute Gasteiger partial charge is 0.357 e. The molecule has 0 aliphatic carbocycles. The quantitative estimate of drug-likeness (QED) is 0.380. The number of guanidine groups is 1. The molecule has 6 heteroatoms. The molecular weight excluding hydrogens is 419 g/mol. The molecule has 1 fully saturated rings. The molecule has 0 atom stereocenters. The fourth-order valence-corrected chi connectivity index (χ4v) is 3.47. The Bertz CT molecular complexity index is 414. The zero-order valence-corrected chi connectivity index (χ0v) is 17.4. The molecule has 0 unspecified atom stereocenters. The number of likely N-dealkylation sites (tertiary alicyclic amines) is 1. The lowest BCUT2D eigenvalue weighted by Crippen LogP contribution is -2.39. The van der Waals surface area contributed by atoms with Crippen LogP contribution in [0.15, 0.2) is 22.5 Å². The average molecular weight is 450 g/mol. The summed E-state index contributed by atoms with van der Waals surface area (Å²) in [6.45, 7) is 8.43. The summed E-state index contributed by atoms with van der Waals surface area (Å²) in [6.07, 6.45) is 6.55. The first-order valence-electron chi connectivity index (χ1n) is 8.65. The molecule has 0 radical (unpaired) electrons. The summed E-state index contributed by atoms with van der Waals surface area (Å²) in [6, 6.07) is 4.30. The number of hydrogen-bond acceptors (Lipinski definition) is 3. The molecule has 1 aliphatic rings. The van der Waals surface area contributed by atoms with Crippen molar-refractivity contribution in [2.24, 2.45) is 4.99 Å². The molecule has 2 N–H and O–H groups in total. The number of rotatable bonds is 7. The summed E-state index contributed by atoms with van der Waals surface area (Å²) in [7, 11) is 0. The van der Waals surface area contributed by atoms with Crippen LogP contribution in [-0.4, -0.2) is 50.1 Å². The van der Waals surface area contributed by atoms with Gasteiger partial charge in [-0.15, -0.1) is 35.3 Å². The van der Waals surface area contributed by atoms with Gasteiger partial charge in [0.2, 0.25) is 0 Å². The van der Waals surface area contributed by atoms with Crippen molar-refractivity contribution in [3.8, 4) is 0 Å². The average Bonchev–Trinajstić information content (AvgIpc) is 2.90. The highest BCUT2D eigenvalue weighted by molar-refractivity contribution is 14.0. The van der Waals surface area contributed by atoms with Gasteiger partial charge in [-0.05, 0) is 50.7 Å². The van der Waals surface area contributed by atoms with Gasteiger partial charge in [0.05, 0.1) is 6.54 Å². The Hall–Kier alpha value is -0.340.